The number of aromatic nitrogens is 1. The minimum Gasteiger partial charge on any atom is -0.390 e. The van der Waals surface area contributed by atoms with Crippen molar-refractivity contribution in [3.05, 3.63) is 29.7 Å². The van der Waals surface area contributed by atoms with Crippen molar-refractivity contribution in [2.24, 2.45) is 17.8 Å². The van der Waals surface area contributed by atoms with Gasteiger partial charge in [-0.25, -0.2) is 4.39 Å². The Kier molecular flexibility index (Phi) is 6.29. The molecular formula is C25H36FNO2. The van der Waals surface area contributed by atoms with E-state index in [2.05, 4.69) is 19.0 Å². The number of rotatable bonds is 6. The summed E-state index contributed by atoms with van der Waals surface area (Å²) in [6.07, 6.45) is 12.5. The van der Waals surface area contributed by atoms with Gasteiger partial charge >= 0.3 is 0 Å². The van der Waals surface area contributed by atoms with Gasteiger partial charge in [-0.15, -0.1) is 0 Å². The highest BCUT2D eigenvalue weighted by molar-refractivity contribution is 5.79. The number of fused-ring (bicyclic) bond motifs is 1. The first kappa shape index (κ1) is 20.8. The summed E-state index contributed by atoms with van der Waals surface area (Å²) >= 11 is 0. The SMILES string of the molecule is CCCC1(O)CCCC1CC(C)C1CCCC(c2noc3cc(F)ccc23)CC1. The molecule has 2 aromatic rings. The Bertz CT molecular complexity index is 818. The van der Waals surface area contributed by atoms with E-state index >= 15 is 0 Å². The summed E-state index contributed by atoms with van der Waals surface area (Å²) in [5.41, 5.74) is 1.16. The highest BCUT2D eigenvalue weighted by atomic mass is 19.1. The van der Waals surface area contributed by atoms with E-state index in [-0.39, 0.29) is 5.82 Å². The van der Waals surface area contributed by atoms with Crippen LogP contribution < -0.4 is 0 Å². The van der Waals surface area contributed by atoms with Gasteiger partial charge in [0.25, 0.3) is 0 Å². The quantitative estimate of drug-likeness (QED) is 0.531. The van der Waals surface area contributed by atoms with E-state index in [0.717, 1.165) is 55.5 Å². The van der Waals surface area contributed by atoms with Crippen LogP contribution in [-0.4, -0.2) is 15.9 Å². The third-order valence-electron chi connectivity index (χ3n) is 7.93. The van der Waals surface area contributed by atoms with Gasteiger partial charge < -0.3 is 9.63 Å². The Morgan fingerprint density at radius 2 is 2.07 bits per heavy atom. The van der Waals surface area contributed by atoms with Gasteiger partial charge in [0.15, 0.2) is 5.58 Å². The molecule has 4 rings (SSSR count). The van der Waals surface area contributed by atoms with Crippen LogP contribution in [0.4, 0.5) is 4.39 Å². The molecule has 0 amide bonds. The Labute approximate surface area is 174 Å². The maximum absolute atomic E-state index is 13.5. The van der Waals surface area contributed by atoms with Crippen molar-refractivity contribution in [1.82, 2.24) is 5.16 Å². The number of nitrogens with zero attached hydrogens (tertiary/aromatic N) is 1. The molecule has 2 fully saturated rings. The Morgan fingerprint density at radius 1 is 1.21 bits per heavy atom. The molecule has 29 heavy (non-hydrogen) atoms. The molecule has 0 aliphatic heterocycles. The Hall–Kier alpha value is -1.42. The summed E-state index contributed by atoms with van der Waals surface area (Å²) in [6, 6.07) is 4.76. The van der Waals surface area contributed by atoms with Gasteiger partial charge in [0, 0.05) is 17.4 Å². The molecule has 4 heteroatoms. The average molecular weight is 402 g/mol. The predicted molar refractivity (Wildman–Crippen MR) is 114 cm³/mol. The van der Waals surface area contributed by atoms with Crippen molar-refractivity contribution in [1.29, 1.82) is 0 Å². The molecule has 160 valence electrons. The van der Waals surface area contributed by atoms with Crippen LogP contribution in [0.5, 0.6) is 0 Å². The molecule has 1 aromatic heterocycles. The van der Waals surface area contributed by atoms with E-state index in [4.69, 9.17) is 4.52 Å². The lowest BCUT2D eigenvalue weighted by molar-refractivity contribution is -0.0172. The van der Waals surface area contributed by atoms with Crippen LogP contribution in [0.3, 0.4) is 0 Å². The van der Waals surface area contributed by atoms with Crippen LogP contribution in [0.15, 0.2) is 22.7 Å². The van der Waals surface area contributed by atoms with Gasteiger partial charge in [-0.2, -0.15) is 0 Å². The summed E-state index contributed by atoms with van der Waals surface area (Å²) in [7, 11) is 0. The topological polar surface area (TPSA) is 46.3 Å². The second kappa shape index (κ2) is 8.75. The number of benzene rings is 1. The van der Waals surface area contributed by atoms with Gasteiger partial charge in [-0.1, -0.05) is 44.7 Å². The molecule has 1 heterocycles. The molecule has 2 aliphatic carbocycles. The standard InChI is InChI=1S/C25H36FNO2/c1-3-13-25(28)14-5-8-20(25)15-17(2)18-6-4-7-19(10-9-18)24-22-12-11-21(26)16-23(22)29-27-24/h11-12,16-20,28H,3-10,13-15H2,1-2H3. The molecule has 5 atom stereocenters. The van der Waals surface area contributed by atoms with Crippen LogP contribution in [0.2, 0.25) is 0 Å². The summed E-state index contributed by atoms with van der Waals surface area (Å²) in [4.78, 5) is 0. The fraction of sp³-hybridized carbons (Fsp3) is 0.720. The zero-order chi connectivity index (χ0) is 20.4. The van der Waals surface area contributed by atoms with Crippen LogP contribution in [-0.2, 0) is 0 Å². The fourth-order valence-corrected chi connectivity index (χ4v) is 6.27. The zero-order valence-corrected chi connectivity index (χ0v) is 18.0. The molecule has 3 nitrogen and oxygen atoms in total. The Balaban J connectivity index is 1.39. The molecule has 2 saturated carbocycles. The molecule has 0 saturated heterocycles. The third kappa shape index (κ3) is 4.38. The van der Waals surface area contributed by atoms with E-state index < -0.39 is 5.60 Å². The van der Waals surface area contributed by atoms with E-state index in [1.807, 2.05) is 6.07 Å². The van der Waals surface area contributed by atoms with Gasteiger partial charge in [0.05, 0.1) is 11.3 Å². The minimum atomic E-state index is -0.412. The molecule has 5 unspecified atom stereocenters. The second-order valence-corrected chi connectivity index (χ2v) is 9.83. The number of halogens is 1. The summed E-state index contributed by atoms with van der Waals surface area (Å²) < 4.78 is 18.9. The van der Waals surface area contributed by atoms with E-state index in [1.165, 1.54) is 44.2 Å². The molecule has 0 bridgehead atoms. The summed E-state index contributed by atoms with van der Waals surface area (Å²) in [5.74, 6) is 1.99. The summed E-state index contributed by atoms with van der Waals surface area (Å²) in [6.45, 7) is 4.59. The number of hydrogen-bond acceptors (Lipinski definition) is 3. The maximum atomic E-state index is 13.5. The lowest BCUT2D eigenvalue weighted by Gasteiger charge is -2.34. The average Bonchev–Trinajstić information content (AvgIpc) is 3.16. The highest BCUT2D eigenvalue weighted by Crippen LogP contribution is 2.45. The smallest absolute Gasteiger partial charge is 0.170 e. The van der Waals surface area contributed by atoms with Crippen molar-refractivity contribution in [3.63, 3.8) is 0 Å². The van der Waals surface area contributed by atoms with Crippen molar-refractivity contribution in [3.8, 4) is 0 Å². The fourth-order valence-electron chi connectivity index (χ4n) is 6.27. The van der Waals surface area contributed by atoms with Crippen molar-refractivity contribution < 1.29 is 14.0 Å². The van der Waals surface area contributed by atoms with Crippen LogP contribution >= 0.6 is 0 Å². The van der Waals surface area contributed by atoms with Gasteiger partial charge in [0.2, 0.25) is 0 Å². The van der Waals surface area contributed by atoms with Crippen LogP contribution in [0, 0.1) is 23.6 Å². The van der Waals surface area contributed by atoms with Crippen LogP contribution in [0.1, 0.15) is 96.1 Å². The van der Waals surface area contributed by atoms with Crippen molar-refractivity contribution in [2.45, 2.75) is 96.0 Å². The van der Waals surface area contributed by atoms with Crippen molar-refractivity contribution in [2.75, 3.05) is 0 Å². The third-order valence-corrected chi connectivity index (χ3v) is 7.93. The van der Waals surface area contributed by atoms with Crippen LogP contribution in [0.25, 0.3) is 11.0 Å². The lowest BCUT2D eigenvalue weighted by Crippen LogP contribution is -2.34. The largest absolute Gasteiger partial charge is 0.390 e. The molecule has 0 radical (unpaired) electrons. The second-order valence-electron chi connectivity index (χ2n) is 9.83. The first-order valence-electron chi connectivity index (χ1n) is 11.8. The summed E-state index contributed by atoms with van der Waals surface area (Å²) in [5, 5.41) is 16.4. The number of hydrogen-bond donors (Lipinski definition) is 1. The molecular weight excluding hydrogens is 365 g/mol. The van der Waals surface area contributed by atoms with E-state index in [1.54, 1.807) is 0 Å². The van der Waals surface area contributed by atoms with E-state index in [0.29, 0.717) is 23.3 Å². The molecule has 1 aromatic carbocycles. The molecule has 2 aliphatic rings. The minimum absolute atomic E-state index is 0.273. The zero-order valence-electron chi connectivity index (χ0n) is 18.0. The monoisotopic (exact) mass is 401 g/mol. The first-order valence-corrected chi connectivity index (χ1v) is 11.8. The van der Waals surface area contributed by atoms with Gasteiger partial charge in [0.1, 0.15) is 5.82 Å². The van der Waals surface area contributed by atoms with Crippen molar-refractivity contribution >= 4 is 11.0 Å². The first-order chi connectivity index (χ1) is 14.0. The highest BCUT2D eigenvalue weighted by Gasteiger charge is 2.41. The van der Waals surface area contributed by atoms with E-state index in [9.17, 15) is 9.50 Å². The Morgan fingerprint density at radius 3 is 2.90 bits per heavy atom. The molecule has 1 N–H and O–H groups in total. The lowest BCUT2D eigenvalue weighted by atomic mass is 9.76. The van der Waals surface area contributed by atoms with Gasteiger partial charge in [-0.3, -0.25) is 0 Å². The number of aliphatic hydroxyl groups is 1. The maximum Gasteiger partial charge on any atom is 0.170 e. The van der Waals surface area contributed by atoms with Gasteiger partial charge in [-0.05, 0) is 74.8 Å². The molecule has 0 spiro atoms. The predicted octanol–water partition coefficient (Wildman–Crippen LogP) is 6.99. The normalized spacial score (nSPS) is 31.8.